The number of fused-ring (bicyclic) bond motifs is 3. The molecule has 1 unspecified atom stereocenters. The number of ether oxygens (including phenoxy) is 1. The second kappa shape index (κ2) is 5.64. The van der Waals surface area contributed by atoms with Crippen molar-refractivity contribution >= 4 is 23.0 Å². The van der Waals surface area contributed by atoms with Gasteiger partial charge in [-0.05, 0) is 36.8 Å². The standard InChI is InChI=1S/C20H17NO3/c1-24-14-8-6-13(7-9-14)20(23)16-10-11-21-18-5-3-2-4-15(18)17(12-22)19(16)21/h2-9,12,16H,10-11H2,1H3. The fourth-order valence-corrected chi connectivity index (χ4v) is 3.70. The first-order chi connectivity index (χ1) is 11.7. The molecule has 1 aliphatic heterocycles. The Morgan fingerprint density at radius 1 is 1.17 bits per heavy atom. The molecule has 24 heavy (non-hydrogen) atoms. The third kappa shape index (κ3) is 2.07. The quantitative estimate of drug-likeness (QED) is 0.542. The molecule has 1 aromatic heterocycles. The molecule has 1 aliphatic rings. The summed E-state index contributed by atoms with van der Waals surface area (Å²) in [5.41, 5.74) is 3.18. The van der Waals surface area contributed by atoms with E-state index in [9.17, 15) is 9.59 Å². The Balaban J connectivity index is 1.80. The van der Waals surface area contributed by atoms with Crippen molar-refractivity contribution in [3.63, 3.8) is 0 Å². The molecule has 4 nitrogen and oxygen atoms in total. The number of benzene rings is 2. The maximum absolute atomic E-state index is 13.0. The Bertz CT molecular complexity index is 937. The van der Waals surface area contributed by atoms with E-state index in [1.807, 2.05) is 24.3 Å². The van der Waals surface area contributed by atoms with E-state index < -0.39 is 0 Å². The SMILES string of the molecule is COc1ccc(C(=O)C2CCn3c2c(C=O)c2ccccc23)cc1. The zero-order valence-electron chi connectivity index (χ0n) is 13.4. The number of ketones is 1. The van der Waals surface area contributed by atoms with Crippen LogP contribution in [0.4, 0.5) is 0 Å². The van der Waals surface area contributed by atoms with Crippen LogP contribution in [0.1, 0.15) is 38.7 Å². The molecule has 2 heterocycles. The molecule has 0 spiro atoms. The third-order valence-electron chi connectivity index (χ3n) is 4.83. The predicted molar refractivity (Wildman–Crippen MR) is 92.0 cm³/mol. The van der Waals surface area contributed by atoms with Crippen molar-refractivity contribution in [2.75, 3.05) is 7.11 Å². The summed E-state index contributed by atoms with van der Waals surface area (Å²) in [6, 6.07) is 15.0. The Labute approximate surface area is 139 Å². The van der Waals surface area contributed by atoms with Crippen molar-refractivity contribution in [1.29, 1.82) is 0 Å². The fourth-order valence-electron chi connectivity index (χ4n) is 3.70. The number of methoxy groups -OCH3 is 1. The molecule has 0 radical (unpaired) electrons. The highest BCUT2D eigenvalue weighted by Gasteiger charge is 2.34. The minimum Gasteiger partial charge on any atom is -0.497 e. The maximum Gasteiger partial charge on any atom is 0.171 e. The number of aryl methyl sites for hydroxylation is 1. The summed E-state index contributed by atoms with van der Waals surface area (Å²) < 4.78 is 7.26. The summed E-state index contributed by atoms with van der Waals surface area (Å²) in [4.78, 5) is 24.7. The van der Waals surface area contributed by atoms with Gasteiger partial charge in [0.25, 0.3) is 0 Å². The van der Waals surface area contributed by atoms with Gasteiger partial charge >= 0.3 is 0 Å². The van der Waals surface area contributed by atoms with Crippen LogP contribution in [0.25, 0.3) is 10.9 Å². The van der Waals surface area contributed by atoms with Gasteiger partial charge in [-0.1, -0.05) is 18.2 Å². The van der Waals surface area contributed by atoms with Crippen molar-refractivity contribution < 1.29 is 14.3 Å². The minimum atomic E-state index is -0.272. The molecule has 3 aromatic rings. The largest absolute Gasteiger partial charge is 0.497 e. The molecule has 0 amide bonds. The molecule has 0 saturated heterocycles. The number of Topliss-reactive ketones (excluding diaryl/α,β-unsaturated/α-hetero) is 1. The molecule has 0 saturated carbocycles. The summed E-state index contributed by atoms with van der Waals surface area (Å²) in [5, 5.41) is 0.926. The fraction of sp³-hybridized carbons (Fsp3) is 0.200. The number of para-hydroxylation sites is 1. The van der Waals surface area contributed by atoms with Crippen molar-refractivity contribution in [2.45, 2.75) is 18.9 Å². The smallest absolute Gasteiger partial charge is 0.171 e. The Hall–Kier alpha value is -2.88. The second-order valence-corrected chi connectivity index (χ2v) is 6.02. The Morgan fingerprint density at radius 2 is 1.92 bits per heavy atom. The molecule has 0 N–H and O–H groups in total. The van der Waals surface area contributed by atoms with Crippen LogP contribution in [0.3, 0.4) is 0 Å². The zero-order valence-corrected chi connectivity index (χ0v) is 13.4. The highest BCUT2D eigenvalue weighted by molar-refractivity contribution is 6.06. The third-order valence-corrected chi connectivity index (χ3v) is 4.83. The summed E-state index contributed by atoms with van der Waals surface area (Å²) in [7, 11) is 1.60. The number of rotatable bonds is 4. The lowest BCUT2D eigenvalue weighted by Crippen LogP contribution is -2.11. The van der Waals surface area contributed by atoms with E-state index >= 15 is 0 Å². The first kappa shape index (κ1) is 14.7. The Kier molecular flexibility index (Phi) is 3.45. The summed E-state index contributed by atoms with van der Waals surface area (Å²) in [5.74, 6) is 0.508. The van der Waals surface area contributed by atoms with Gasteiger partial charge in [0, 0.05) is 34.3 Å². The van der Waals surface area contributed by atoms with Gasteiger partial charge in [-0.25, -0.2) is 0 Å². The average molecular weight is 319 g/mol. The monoisotopic (exact) mass is 319 g/mol. The molecule has 0 bridgehead atoms. The summed E-state index contributed by atoms with van der Waals surface area (Å²) in [6.45, 7) is 0.760. The van der Waals surface area contributed by atoms with Crippen molar-refractivity contribution in [1.82, 2.24) is 4.57 Å². The molecule has 120 valence electrons. The predicted octanol–water partition coefficient (Wildman–Crippen LogP) is 3.83. The van der Waals surface area contributed by atoms with Crippen molar-refractivity contribution in [3.05, 3.63) is 65.4 Å². The Morgan fingerprint density at radius 3 is 2.62 bits per heavy atom. The molecular formula is C20H17NO3. The van der Waals surface area contributed by atoms with Crippen LogP contribution in [0.2, 0.25) is 0 Å². The van der Waals surface area contributed by atoms with Crippen LogP contribution in [0, 0.1) is 0 Å². The lowest BCUT2D eigenvalue weighted by molar-refractivity contribution is 0.0959. The van der Waals surface area contributed by atoms with Gasteiger partial charge in [0.05, 0.1) is 13.0 Å². The molecular weight excluding hydrogens is 302 g/mol. The molecule has 2 aromatic carbocycles. The zero-order chi connectivity index (χ0) is 16.7. The number of carbonyl (C=O) groups is 2. The van der Waals surface area contributed by atoms with E-state index in [2.05, 4.69) is 4.57 Å². The normalized spacial score (nSPS) is 16.1. The van der Waals surface area contributed by atoms with Crippen molar-refractivity contribution in [3.8, 4) is 5.75 Å². The van der Waals surface area contributed by atoms with Crippen LogP contribution >= 0.6 is 0 Å². The van der Waals surface area contributed by atoms with Gasteiger partial charge in [-0.15, -0.1) is 0 Å². The van der Waals surface area contributed by atoms with Gasteiger partial charge in [0.1, 0.15) is 5.75 Å². The average Bonchev–Trinajstić information content (AvgIpc) is 3.19. The first-order valence-corrected chi connectivity index (χ1v) is 7.99. The number of aldehydes is 1. The highest BCUT2D eigenvalue weighted by atomic mass is 16.5. The van der Waals surface area contributed by atoms with Crippen LogP contribution < -0.4 is 4.74 Å². The topological polar surface area (TPSA) is 48.3 Å². The van der Waals surface area contributed by atoms with Crippen LogP contribution in [0.15, 0.2) is 48.5 Å². The number of carbonyl (C=O) groups excluding carboxylic acids is 2. The number of aromatic nitrogens is 1. The van der Waals surface area contributed by atoms with E-state index in [-0.39, 0.29) is 11.7 Å². The van der Waals surface area contributed by atoms with E-state index in [0.717, 1.165) is 41.6 Å². The number of hydrogen-bond acceptors (Lipinski definition) is 3. The number of hydrogen-bond donors (Lipinski definition) is 0. The number of nitrogens with zero attached hydrogens (tertiary/aromatic N) is 1. The van der Waals surface area contributed by atoms with Gasteiger partial charge in [-0.3, -0.25) is 9.59 Å². The lowest BCUT2D eigenvalue weighted by Gasteiger charge is -2.10. The lowest BCUT2D eigenvalue weighted by atomic mass is 9.91. The molecule has 4 rings (SSSR count). The highest BCUT2D eigenvalue weighted by Crippen LogP contribution is 2.39. The van der Waals surface area contributed by atoms with Crippen LogP contribution in [-0.2, 0) is 6.54 Å². The molecule has 0 fully saturated rings. The maximum atomic E-state index is 13.0. The molecule has 1 atom stereocenters. The summed E-state index contributed by atoms with van der Waals surface area (Å²) in [6.07, 6.45) is 1.61. The second-order valence-electron chi connectivity index (χ2n) is 6.02. The van der Waals surface area contributed by atoms with Crippen LogP contribution in [0.5, 0.6) is 5.75 Å². The van der Waals surface area contributed by atoms with Gasteiger partial charge in [0.2, 0.25) is 0 Å². The minimum absolute atomic E-state index is 0.0577. The van der Waals surface area contributed by atoms with Gasteiger partial charge < -0.3 is 9.30 Å². The van der Waals surface area contributed by atoms with Crippen molar-refractivity contribution in [2.24, 2.45) is 0 Å². The molecule has 0 aliphatic carbocycles. The van der Waals surface area contributed by atoms with E-state index in [4.69, 9.17) is 4.74 Å². The molecule has 4 heteroatoms. The first-order valence-electron chi connectivity index (χ1n) is 7.99. The van der Waals surface area contributed by atoms with E-state index in [1.165, 1.54) is 0 Å². The van der Waals surface area contributed by atoms with Gasteiger partial charge in [-0.2, -0.15) is 0 Å². The van der Waals surface area contributed by atoms with E-state index in [0.29, 0.717) is 11.1 Å². The summed E-state index contributed by atoms with van der Waals surface area (Å²) >= 11 is 0. The van der Waals surface area contributed by atoms with Crippen LogP contribution in [-0.4, -0.2) is 23.7 Å². The van der Waals surface area contributed by atoms with E-state index in [1.54, 1.807) is 31.4 Å². The van der Waals surface area contributed by atoms with Gasteiger partial charge in [0.15, 0.2) is 12.1 Å².